The van der Waals surface area contributed by atoms with Crippen LogP contribution >= 0.6 is 11.6 Å². The lowest BCUT2D eigenvalue weighted by Gasteiger charge is -2.61. The molecule has 1 unspecified atom stereocenters. The van der Waals surface area contributed by atoms with Gasteiger partial charge in [0.25, 0.3) is 0 Å². The number of furan rings is 1. The van der Waals surface area contributed by atoms with Gasteiger partial charge in [0.15, 0.2) is 10.7 Å². The molecule has 2 saturated carbocycles. The fraction of sp³-hybridized carbons (Fsp3) is 0.742. The summed E-state index contributed by atoms with van der Waals surface area (Å²) >= 11 is 7.66. The second kappa shape index (κ2) is 10.2. The maximum atomic E-state index is 13.9. The summed E-state index contributed by atoms with van der Waals surface area (Å²) in [6.45, 7) is 20.1. The van der Waals surface area contributed by atoms with E-state index in [2.05, 4.69) is 55.4 Å². The van der Waals surface area contributed by atoms with Crippen molar-refractivity contribution in [2.24, 2.45) is 16.7 Å². The quantitative estimate of drug-likeness (QED) is 0.181. The number of ketones is 1. The summed E-state index contributed by atoms with van der Waals surface area (Å²) in [5.74, 6) is -0.714. The van der Waals surface area contributed by atoms with Crippen LogP contribution in [-0.2, 0) is 18.8 Å². The lowest BCUT2D eigenvalue weighted by molar-refractivity contribution is -0.159. The standard InChI is InChI=1S/C31H47ClO5Si/c1-10-36-28(34)31(32)24-11-14-30(9)25(17-23(33)27(30)22-13-16-35-18-22)29(24,8)15-12-26(31)37-38(19(2)3,20(4)5)21(6)7/h13,16-21,24,26-27H,10-12,14-15H2,1-9H3/t24?,26-,27-,29-,30-,31-/m1/s1. The number of carbonyl (C=O) groups is 2. The third-order valence-corrected chi connectivity index (χ3v) is 17.3. The normalized spacial score (nSPS) is 35.4. The Labute approximate surface area is 235 Å². The molecule has 0 amide bonds. The lowest BCUT2D eigenvalue weighted by atomic mass is 9.47. The van der Waals surface area contributed by atoms with E-state index in [0.717, 1.165) is 30.4 Å². The van der Waals surface area contributed by atoms with Crippen molar-refractivity contribution in [1.29, 1.82) is 0 Å². The van der Waals surface area contributed by atoms with Crippen LogP contribution in [0.5, 0.6) is 0 Å². The van der Waals surface area contributed by atoms with Crippen LogP contribution < -0.4 is 0 Å². The maximum absolute atomic E-state index is 13.9. The molecule has 0 N–H and O–H groups in total. The number of allylic oxidation sites excluding steroid dienone is 2. The van der Waals surface area contributed by atoms with Crippen LogP contribution in [0.1, 0.15) is 99.5 Å². The van der Waals surface area contributed by atoms with E-state index in [0.29, 0.717) is 23.0 Å². The second-order valence-corrected chi connectivity index (χ2v) is 19.4. The van der Waals surface area contributed by atoms with E-state index < -0.39 is 24.7 Å². The van der Waals surface area contributed by atoms with E-state index in [9.17, 15) is 9.59 Å². The molecule has 0 spiro atoms. The molecule has 3 aliphatic carbocycles. The molecule has 0 bridgehead atoms. The number of fused-ring (bicyclic) bond motifs is 3. The van der Waals surface area contributed by atoms with Gasteiger partial charge in [0.05, 0.1) is 31.2 Å². The Morgan fingerprint density at radius 3 is 2.21 bits per heavy atom. The van der Waals surface area contributed by atoms with Crippen LogP contribution in [0.4, 0.5) is 0 Å². The number of hydrogen-bond donors (Lipinski definition) is 0. The number of ether oxygens (including phenoxy) is 1. The molecule has 1 heterocycles. The highest BCUT2D eigenvalue weighted by Crippen LogP contribution is 2.69. The fourth-order valence-corrected chi connectivity index (χ4v) is 15.3. The Morgan fingerprint density at radius 2 is 1.68 bits per heavy atom. The molecule has 38 heavy (non-hydrogen) atoms. The number of rotatable bonds is 8. The Balaban J connectivity index is 1.79. The molecule has 5 nitrogen and oxygen atoms in total. The number of carbonyl (C=O) groups excluding carboxylic acids is 2. The Bertz CT molecular complexity index is 1060. The summed E-state index contributed by atoms with van der Waals surface area (Å²) in [6, 6.07) is 1.90. The summed E-state index contributed by atoms with van der Waals surface area (Å²) in [4.78, 5) is 26.1. The minimum Gasteiger partial charge on any atom is -0.472 e. The highest BCUT2D eigenvalue weighted by molar-refractivity contribution is 6.77. The Morgan fingerprint density at radius 1 is 1.08 bits per heavy atom. The first-order valence-corrected chi connectivity index (χ1v) is 17.1. The van der Waals surface area contributed by atoms with Gasteiger partial charge in [-0.2, -0.15) is 0 Å². The van der Waals surface area contributed by atoms with Crippen molar-refractivity contribution in [3.63, 3.8) is 0 Å². The predicted molar refractivity (Wildman–Crippen MR) is 154 cm³/mol. The third-order valence-electron chi connectivity index (χ3n) is 10.6. The van der Waals surface area contributed by atoms with Crippen molar-refractivity contribution in [2.75, 3.05) is 6.61 Å². The molecule has 1 aromatic heterocycles. The Kier molecular flexibility index (Phi) is 7.97. The van der Waals surface area contributed by atoms with Gasteiger partial charge in [-0.05, 0) is 66.8 Å². The van der Waals surface area contributed by atoms with Gasteiger partial charge in [-0.25, -0.2) is 0 Å². The van der Waals surface area contributed by atoms with Crippen LogP contribution in [0.25, 0.3) is 0 Å². The first kappa shape index (κ1) is 29.6. The molecule has 7 heteroatoms. The molecule has 6 atom stereocenters. The summed E-state index contributed by atoms with van der Waals surface area (Å²) in [5.41, 5.74) is 2.43. The van der Waals surface area contributed by atoms with Crippen molar-refractivity contribution < 1.29 is 23.2 Å². The average Bonchev–Trinajstić information content (AvgIpc) is 3.43. The van der Waals surface area contributed by atoms with Gasteiger partial charge >= 0.3 is 5.97 Å². The number of halogens is 1. The second-order valence-electron chi connectivity index (χ2n) is 13.3. The van der Waals surface area contributed by atoms with Crippen molar-refractivity contribution in [3.05, 3.63) is 35.8 Å². The summed E-state index contributed by atoms with van der Waals surface area (Å²) < 4.78 is 18.4. The van der Waals surface area contributed by atoms with Gasteiger partial charge in [-0.1, -0.05) is 61.0 Å². The van der Waals surface area contributed by atoms with Gasteiger partial charge in [0.2, 0.25) is 8.32 Å². The van der Waals surface area contributed by atoms with Gasteiger partial charge in [0, 0.05) is 16.9 Å². The molecule has 2 fully saturated rings. The van der Waals surface area contributed by atoms with Crippen LogP contribution in [0.3, 0.4) is 0 Å². The SMILES string of the molecule is CCOC(=O)[C@@]1(Cl)C2CC[C@]3(C)C(=CC(=O)[C@H]3c3ccoc3)[C@]2(C)CC[C@H]1O[Si](C(C)C)(C(C)C)C(C)C. The molecule has 0 radical (unpaired) electrons. The van der Waals surface area contributed by atoms with Gasteiger partial charge in [0.1, 0.15) is 0 Å². The largest absolute Gasteiger partial charge is 0.472 e. The van der Waals surface area contributed by atoms with Crippen LogP contribution in [0.2, 0.25) is 16.6 Å². The Hall–Kier alpha value is -1.37. The summed E-state index contributed by atoms with van der Waals surface area (Å²) in [6.07, 6.45) is 7.75. The zero-order chi connectivity index (χ0) is 28.3. The lowest BCUT2D eigenvalue weighted by Crippen LogP contribution is -2.66. The van der Waals surface area contributed by atoms with Crippen LogP contribution in [0.15, 0.2) is 34.7 Å². The van der Waals surface area contributed by atoms with Crippen molar-refractivity contribution >= 4 is 31.7 Å². The summed E-state index contributed by atoms with van der Waals surface area (Å²) in [5, 5.41) is 0. The molecule has 4 rings (SSSR count). The molecule has 3 aliphatic rings. The molecule has 212 valence electrons. The van der Waals surface area contributed by atoms with Crippen molar-refractivity contribution in [2.45, 2.75) is 122 Å². The zero-order valence-corrected chi connectivity index (χ0v) is 26.5. The first-order chi connectivity index (χ1) is 17.7. The first-order valence-electron chi connectivity index (χ1n) is 14.5. The molecule has 1 aromatic rings. The number of alkyl halides is 1. The molecule has 0 saturated heterocycles. The third kappa shape index (κ3) is 4.11. The molecular weight excluding hydrogens is 516 g/mol. The van der Waals surface area contributed by atoms with Crippen molar-refractivity contribution in [1.82, 2.24) is 0 Å². The number of esters is 1. The van der Waals surface area contributed by atoms with Crippen LogP contribution in [-0.4, -0.2) is 37.7 Å². The highest BCUT2D eigenvalue weighted by atomic mass is 35.5. The van der Waals surface area contributed by atoms with E-state index in [1.54, 1.807) is 12.5 Å². The smallest absolute Gasteiger partial charge is 0.330 e. The predicted octanol–water partition coefficient (Wildman–Crippen LogP) is 8.19. The van der Waals surface area contributed by atoms with E-state index in [1.807, 2.05) is 19.1 Å². The minimum atomic E-state index is -2.32. The maximum Gasteiger partial charge on any atom is 0.330 e. The zero-order valence-electron chi connectivity index (χ0n) is 24.7. The topological polar surface area (TPSA) is 65.7 Å². The molecule has 0 aliphatic heterocycles. The highest BCUT2D eigenvalue weighted by Gasteiger charge is 2.68. The number of hydrogen-bond acceptors (Lipinski definition) is 5. The fourth-order valence-electron chi connectivity index (χ4n) is 9.04. The van der Waals surface area contributed by atoms with Gasteiger partial charge in [-0.15, -0.1) is 11.6 Å². The monoisotopic (exact) mass is 562 g/mol. The van der Waals surface area contributed by atoms with E-state index >= 15 is 0 Å². The van der Waals surface area contributed by atoms with Gasteiger partial charge in [-0.3, -0.25) is 9.59 Å². The summed E-state index contributed by atoms with van der Waals surface area (Å²) in [7, 11) is -2.32. The van der Waals surface area contributed by atoms with E-state index in [-0.39, 0.29) is 35.6 Å². The van der Waals surface area contributed by atoms with E-state index in [4.69, 9.17) is 25.2 Å². The van der Waals surface area contributed by atoms with E-state index in [1.165, 1.54) is 0 Å². The molecule has 0 aromatic carbocycles. The van der Waals surface area contributed by atoms with Crippen molar-refractivity contribution in [3.8, 4) is 0 Å². The molecular formula is C31H47ClO5Si. The van der Waals surface area contributed by atoms with Gasteiger partial charge < -0.3 is 13.6 Å². The minimum absolute atomic E-state index is 0.117. The average molecular weight is 563 g/mol. The van der Waals surface area contributed by atoms with Crippen LogP contribution in [0, 0.1) is 16.7 Å².